The van der Waals surface area contributed by atoms with E-state index >= 15 is 0 Å². The number of hydrogen-bond donors (Lipinski definition) is 0. The number of benzene rings is 1. The van der Waals surface area contributed by atoms with Gasteiger partial charge in [-0.05, 0) is 30.9 Å². The zero-order valence-corrected chi connectivity index (χ0v) is 13.1. The first-order valence-electron chi connectivity index (χ1n) is 7.34. The van der Waals surface area contributed by atoms with E-state index in [-0.39, 0.29) is 18.4 Å². The van der Waals surface area contributed by atoms with Gasteiger partial charge in [-0.2, -0.15) is 0 Å². The van der Waals surface area contributed by atoms with Crippen LogP contribution in [0.5, 0.6) is 0 Å². The van der Waals surface area contributed by atoms with Gasteiger partial charge in [0, 0.05) is 31.6 Å². The molecule has 0 unspecified atom stereocenters. The molecule has 0 N–H and O–H groups in total. The van der Waals surface area contributed by atoms with Gasteiger partial charge in [0.1, 0.15) is 6.54 Å². The molecular formula is C16H21ClN2O2. The molecule has 1 aromatic rings. The molecule has 21 heavy (non-hydrogen) atoms. The van der Waals surface area contributed by atoms with Crippen molar-refractivity contribution in [1.29, 1.82) is 0 Å². The van der Waals surface area contributed by atoms with Crippen molar-refractivity contribution in [3.8, 4) is 0 Å². The van der Waals surface area contributed by atoms with Crippen molar-refractivity contribution < 1.29 is 9.59 Å². The van der Waals surface area contributed by atoms with Crippen LogP contribution >= 0.6 is 11.6 Å². The van der Waals surface area contributed by atoms with Gasteiger partial charge in [0.2, 0.25) is 11.8 Å². The van der Waals surface area contributed by atoms with Gasteiger partial charge in [-0.3, -0.25) is 9.59 Å². The molecule has 1 saturated heterocycles. The van der Waals surface area contributed by atoms with Crippen molar-refractivity contribution >= 4 is 23.4 Å². The van der Waals surface area contributed by atoms with Gasteiger partial charge in [-0.25, -0.2) is 0 Å². The van der Waals surface area contributed by atoms with Crippen molar-refractivity contribution in [2.24, 2.45) is 0 Å². The number of likely N-dealkylation sites (tertiary alicyclic amines) is 1. The number of hydrogen-bond acceptors (Lipinski definition) is 2. The fraction of sp³-hybridized carbons (Fsp3) is 0.500. The van der Waals surface area contributed by atoms with E-state index in [4.69, 9.17) is 11.6 Å². The molecule has 1 heterocycles. The van der Waals surface area contributed by atoms with Crippen LogP contribution in [0.4, 0.5) is 0 Å². The highest BCUT2D eigenvalue weighted by Crippen LogP contribution is 2.17. The first-order chi connectivity index (χ1) is 10.1. The van der Waals surface area contributed by atoms with Gasteiger partial charge >= 0.3 is 0 Å². The van der Waals surface area contributed by atoms with Crippen LogP contribution in [0.15, 0.2) is 24.3 Å². The first-order valence-corrected chi connectivity index (χ1v) is 7.72. The van der Waals surface area contributed by atoms with E-state index in [9.17, 15) is 9.59 Å². The van der Waals surface area contributed by atoms with Crippen LogP contribution in [0.3, 0.4) is 0 Å². The summed E-state index contributed by atoms with van der Waals surface area (Å²) in [6.07, 6.45) is 3.28. The molecule has 1 aromatic carbocycles. The molecule has 0 saturated carbocycles. The molecule has 0 radical (unpaired) electrons. The SMILES string of the molecule is CC(=O)N(CC(=O)N1CCCCC1)Cc1ccccc1Cl. The van der Waals surface area contributed by atoms with Crippen LogP contribution < -0.4 is 0 Å². The Balaban J connectivity index is 2.00. The molecule has 4 nitrogen and oxygen atoms in total. The summed E-state index contributed by atoms with van der Waals surface area (Å²) >= 11 is 6.12. The summed E-state index contributed by atoms with van der Waals surface area (Å²) in [5.41, 5.74) is 0.862. The number of carbonyl (C=O) groups is 2. The summed E-state index contributed by atoms with van der Waals surface area (Å²) in [7, 11) is 0. The van der Waals surface area contributed by atoms with Crippen LogP contribution in [0, 0.1) is 0 Å². The molecule has 0 aliphatic carbocycles. The Bertz CT molecular complexity index is 513. The lowest BCUT2D eigenvalue weighted by molar-refractivity contribution is -0.140. The minimum absolute atomic E-state index is 0.0250. The maximum absolute atomic E-state index is 12.3. The average Bonchev–Trinajstić information content (AvgIpc) is 2.49. The number of halogens is 1. The van der Waals surface area contributed by atoms with Crippen molar-refractivity contribution in [3.05, 3.63) is 34.9 Å². The third-order valence-corrected chi connectivity index (χ3v) is 4.17. The van der Waals surface area contributed by atoms with Gasteiger partial charge < -0.3 is 9.80 Å². The topological polar surface area (TPSA) is 40.6 Å². The molecule has 2 amide bonds. The number of rotatable bonds is 4. The van der Waals surface area contributed by atoms with E-state index in [0.29, 0.717) is 11.6 Å². The molecule has 2 rings (SSSR count). The Morgan fingerprint density at radius 2 is 1.86 bits per heavy atom. The summed E-state index contributed by atoms with van der Waals surface area (Å²) in [6.45, 7) is 3.59. The summed E-state index contributed by atoms with van der Waals surface area (Å²) in [6, 6.07) is 7.40. The van der Waals surface area contributed by atoms with Gasteiger partial charge in [0.05, 0.1) is 0 Å². The van der Waals surface area contributed by atoms with E-state index in [1.807, 2.05) is 23.1 Å². The molecule has 0 bridgehead atoms. The highest BCUT2D eigenvalue weighted by molar-refractivity contribution is 6.31. The highest BCUT2D eigenvalue weighted by Gasteiger charge is 2.21. The van der Waals surface area contributed by atoms with Crippen molar-refractivity contribution in [3.63, 3.8) is 0 Å². The maximum Gasteiger partial charge on any atom is 0.242 e. The maximum atomic E-state index is 12.3. The Morgan fingerprint density at radius 1 is 1.19 bits per heavy atom. The Kier molecular flexibility index (Phi) is 5.62. The summed E-state index contributed by atoms with van der Waals surface area (Å²) in [5, 5.41) is 0.620. The normalized spacial score (nSPS) is 14.9. The van der Waals surface area contributed by atoms with Crippen molar-refractivity contribution in [2.75, 3.05) is 19.6 Å². The van der Waals surface area contributed by atoms with Crippen LogP contribution in [0.25, 0.3) is 0 Å². The first kappa shape index (κ1) is 15.8. The number of piperidine rings is 1. The Hall–Kier alpha value is -1.55. The van der Waals surface area contributed by atoms with Crippen LogP contribution in [-0.4, -0.2) is 41.2 Å². The standard InChI is InChI=1S/C16H21ClN2O2/c1-13(20)19(11-14-7-3-4-8-15(14)17)12-16(21)18-9-5-2-6-10-18/h3-4,7-8H,2,5-6,9-12H2,1H3. The molecule has 0 atom stereocenters. The van der Waals surface area contributed by atoms with E-state index in [1.165, 1.54) is 13.3 Å². The molecule has 1 aliphatic rings. The predicted molar refractivity (Wildman–Crippen MR) is 83.0 cm³/mol. The molecule has 0 aromatic heterocycles. The lowest BCUT2D eigenvalue weighted by atomic mass is 10.1. The van der Waals surface area contributed by atoms with E-state index in [2.05, 4.69) is 0 Å². The van der Waals surface area contributed by atoms with E-state index in [1.54, 1.807) is 11.0 Å². The minimum Gasteiger partial charge on any atom is -0.341 e. The minimum atomic E-state index is -0.111. The fourth-order valence-corrected chi connectivity index (χ4v) is 2.71. The third-order valence-electron chi connectivity index (χ3n) is 3.80. The number of nitrogens with zero attached hydrogens (tertiary/aromatic N) is 2. The van der Waals surface area contributed by atoms with E-state index in [0.717, 1.165) is 31.5 Å². The summed E-state index contributed by atoms with van der Waals surface area (Å²) < 4.78 is 0. The molecule has 5 heteroatoms. The second-order valence-corrected chi connectivity index (χ2v) is 5.82. The lowest BCUT2D eigenvalue weighted by Crippen LogP contribution is -2.43. The Labute approximate surface area is 130 Å². The monoisotopic (exact) mass is 308 g/mol. The Morgan fingerprint density at radius 3 is 2.48 bits per heavy atom. The average molecular weight is 309 g/mol. The van der Waals surface area contributed by atoms with E-state index < -0.39 is 0 Å². The van der Waals surface area contributed by atoms with Gasteiger partial charge in [-0.1, -0.05) is 29.8 Å². The summed E-state index contributed by atoms with van der Waals surface area (Å²) in [5.74, 6) is -0.0859. The highest BCUT2D eigenvalue weighted by atomic mass is 35.5. The quantitative estimate of drug-likeness (QED) is 0.858. The molecule has 1 aliphatic heterocycles. The lowest BCUT2D eigenvalue weighted by Gasteiger charge is -2.29. The third kappa shape index (κ3) is 4.46. The second kappa shape index (κ2) is 7.46. The fourth-order valence-electron chi connectivity index (χ4n) is 2.52. The van der Waals surface area contributed by atoms with Crippen LogP contribution in [0.2, 0.25) is 5.02 Å². The van der Waals surface area contributed by atoms with Gasteiger partial charge in [0.15, 0.2) is 0 Å². The molecule has 1 fully saturated rings. The van der Waals surface area contributed by atoms with Crippen LogP contribution in [-0.2, 0) is 16.1 Å². The van der Waals surface area contributed by atoms with Crippen molar-refractivity contribution in [1.82, 2.24) is 9.80 Å². The second-order valence-electron chi connectivity index (χ2n) is 5.41. The molecular weight excluding hydrogens is 288 g/mol. The van der Waals surface area contributed by atoms with Crippen molar-refractivity contribution in [2.45, 2.75) is 32.7 Å². The number of amides is 2. The molecule has 0 spiro atoms. The zero-order chi connectivity index (χ0) is 15.2. The van der Waals surface area contributed by atoms with Crippen LogP contribution in [0.1, 0.15) is 31.7 Å². The number of carbonyl (C=O) groups excluding carboxylic acids is 2. The largest absolute Gasteiger partial charge is 0.341 e. The predicted octanol–water partition coefficient (Wildman–Crippen LogP) is 2.70. The van der Waals surface area contributed by atoms with Gasteiger partial charge in [-0.15, -0.1) is 0 Å². The van der Waals surface area contributed by atoms with Gasteiger partial charge in [0.25, 0.3) is 0 Å². The summed E-state index contributed by atoms with van der Waals surface area (Å²) in [4.78, 5) is 27.5. The molecule has 114 valence electrons. The zero-order valence-electron chi connectivity index (χ0n) is 12.3. The smallest absolute Gasteiger partial charge is 0.242 e.